The number of benzene rings is 1. The first-order chi connectivity index (χ1) is 9.24. The van der Waals surface area contributed by atoms with Crippen molar-refractivity contribution in [3.63, 3.8) is 0 Å². The van der Waals surface area contributed by atoms with Crippen LogP contribution in [0.25, 0.3) is 5.52 Å². The second-order valence-electron chi connectivity index (χ2n) is 4.18. The van der Waals surface area contributed by atoms with E-state index in [2.05, 4.69) is 26.3 Å². The van der Waals surface area contributed by atoms with E-state index in [0.717, 1.165) is 15.6 Å². The van der Waals surface area contributed by atoms with Crippen LogP contribution < -0.4 is 5.32 Å². The Morgan fingerprint density at radius 2 is 2.16 bits per heavy atom. The molecule has 2 heterocycles. The minimum Gasteiger partial charge on any atom is -0.378 e. The molecule has 0 aliphatic heterocycles. The van der Waals surface area contributed by atoms with E-state index in [-0.39, 0.29) is 5.82 Å². The molecule has 0 fully saturated rings. The van der Waals surface area contributed by atoms with Crippen molar-refractivity contribution in [2.24, 2.45) is 0 Å². The zero-order valence-electron chi connectivity index (χ0n) is 9.98. The molecule has 19 heavy (non-hydrogen) atoms. The fourth-order valence-electron chi connectivity index (χ4n) is 1.95. The van der Waals surface area contributed by atoms with Crippen LogP contribution in [-0.2, 0) is 6.54 Å². The van der Waals surface area contributed by atoms with Gasteiger partial charge in [0.2, 0.25) is 0 Å². The first kappa shape index (κ1) is 12.2. The second-order valence-corrected chi connectivity index (χ2v) is 5.09. The molecule has 0 unspecified atom stereocenters. The van der Waals surface area contributed by atoms with Crippen LogP contribution in [0.4, 0.5) is 10.1 Å². The summed E-state index contributed by atoms with van der Waals surface area (Å²) in [4.78, 5) is 0. The lowest BCUT2D eigenvalue weighted by molar-refractivity contribution is 0.630. The normalized spacial score (nSPS) is 10.8. The number of rotatable bonds is 3. The van der Waals surface area contributed by atoms with E-state index in [1.54, 1.807) is 22.8 Å². The molecule has 3 aromatic rings. The monoisotopic (exact) mass is 319 g/mol. The van der Waals surface area contributed by atoms with Crippen LogP contribution in [0.3, 0.4) is 0 Å². The van der Waals surface area contributed by atoms with E-state index in [4.69, 9.17) is 0 Å². The lowest BCUT2D eigenvalue weighted by Crippen LogP contribution is -2.01. The minimum absolute atomic E-state index is 0.264. The SMILES string of the molecule is Fc1ccc(Br)cc1NCc1cnn2ccccc12. The first-order valence-electron chi connectivity index (χ1n) is 5.84. The third-order valence-electron chi connectivity index (χ3n) is 2.90. The van der Waals surface area contributed by atoms with Gasteiger partial charge in [-0.3, -0.25) is 0 Å². The van der Waals surface area contributed by atoms with E-state index in [1.807, 2.05) is 24.4 Å². The highest BCUT2D eigenvalue weighted by atomic mass is 79.9. The summed E-state index contributed by atoms with van der Waals surface area (Å²) in [6.45, 7) is 0.529. The van der Waals surface area contributed by atoms with Gasteiger partial charge in [-0.05, 0) is 30.3 Å². The van der Waals surface area contributed by atoms with Gasteiger partial charge in [0.05, 0.1) is 17.4 Å². The highest BCUT2D eigenvalue weighted by Crippen LogP contribution is 2.21. The fourth-order valence-corrected chi connectivity index (χ4v) is 2.31. The van der Waals surface area contributed by atoms with Gasteiger partial charge in [0.15, 0.2) is 0 Å². The zero-order chi connectivity index (χ0) is 13.2. The Balaban J connectivity index is 1.84. The molecule has 0 aliphatic carbocycles. The Morgan fingerprint density at radius 1 is 1.26 bits per heavy atom. The summed E-state index contributed by atoms with van der Waals surface area (Å²) >= 11 is 3.33. The highest BCUT2D eigenvalue weighted by molar-refractivity contribution is 9.10. The van der Waals surface area contributed by atoms with Gasteiger partial charge in [0.25, 0.3) is 0 Å². The molecule has 5 heteroatoms. The van der Waals surface area contributed by atoms with Crippen molar-refractivity contribution in [3.05, 3.63) is 64.6 Å². The highest BCUT2D eigenvalue weighted by Gasteiger charge is 2.05. The minimum atomic E-state index is -0.264. The number of nitrogens with one attached hydrogen (secondary N) is 1. The van der Waals surface area contributed by atoms with E-state index in [1.165, 1.54) is 6.07 Å². The largest absolute Gasteiger partial charge is 0.378 e. The van der Waals surface area contributed by atoms with Crippen LogP contribution in [-0.4, -0.2) is 9.61 Å². The zero-order valence-corrected chi connectivity index (χ0v) is 11.6. The van der Waals surface area contributed by atoms with Crippen molar-refractivity contribution >= 4 is 27.1 Å². The van der Waals surface area contributed by atoms with Crippen molar-refractivity contribution in [3.8, 4) is 0 Å². The summed E-state index contributed by atoms with van der Waals surface area (Å²) in [5.41, 5.74) is 2.52. The predicted octanol–water partition coefficient (Wildman–Crippen LogP) is 3.85. The summed E-state index contributed by atoms with van der Waals surface area (Å²) in [7, 11) is 0. The average molecular weight is 320 g/mol. The molecule has 1 aromatic carbocycles. The molecule has 0 bridgehead atoms. The smallest absolute Gasteiger partial charge is 0.146 e. The Hall–Kier alpha value is -1.88. The molecule has 0 saturated heterocycles. The molecule has 0 amide bonds. The molecule has 3 rings (SSSR count). The molecule has 0 aliphatic rings. The van der Waals surface area contributed by atoms with Gasteiger partial charge in [-0.1, -0.05) is 22.0 Å². The molecule has 0 radical (unpaired) electrons. The Labute approximate surface area is 118 Å². The maximum absolute atomic E-state index is 13.6. The Kier molecular flexibility index (Phi) is 3.21. The van der Waals surface area contributed by atoms with Gasteiger partial charge in [-0.25, -0.2) is 8.91 Å². The van der Waals surface area contributed by atoms with Crippen LogP contribution in [0.2, 0.25) is 0 Å². The van der Waals surface area contributed by atoms with E-state index < -0.39 is 0 Å². The number of hydrogen-bond acceptors (Lipinski definition) is 2. The lowest BCUT2D eigenvalue weighted by atomic mass is 10.2. The van der Waals surface area contributed by atoms with E-state index in [9.17, 15) is 4.39 Å². The standard InChI is InChI=1S/C14H11BrFN3/c15-11-4-5-12(16)13(7-11)17-8-10-9-18-19-6-2-1-3-14(10)19/h1-7,9,17H,8H2. The molecular formula is C14H11BrFN3. The van der Waals surface area contributed by atoms with E-state index in [0.29, 0.717) is 12.2 Å². The Morgan fingerprint density at radius 3 is 3.05 bits per heavy atom. The molecule has 96 valence electrons. The molecule has 0 spiro atoms. The first-order valence-corrected chi connectivity index (χ1v) is 6.63. The van der Waals surface area contributed by atoms with Crippen molar-refractivity contribution in [2.75, 3.05) is 5.32 Å². The molecule has 2 aromatic heterocycles. The number of nitrogens with zero attached hydrogens (tertiary/aromatic N) is 2. The third-order valence-corrected chi connectivity index (χ3v) is 3.40. The van der Waals surface area contributed by atoms with Crippen molar-refractivity contribution in [1.82, 2.24) is 9.61 Å². The molecule has 0 saturated carbocycles. The van der Waals surface area contributed by atoms with Gasteiger partial charge in [0, 0.05) is 22.8 Å². The quantitative estimate of drug-likeness (QED) is 0.794. The topological polar surface area (TPSA) is 29.3 Å². The lowest BCUT2D eigenvalue weighted by Gasteiger charge is -2.07. The average Bonchev–Trinajstić information content (AvgIpc) is 2.83. The van der Waals surface area contributed by atoms with Crippen LogP contribution in [0.1, 0.15) is 5.56 Å². The van der Waals surface area contributed by atoms with Gasteiger partial charge in [-0.2, -0.15) is 5.10 Å². The summed E-state index contributed by atoms with van der Waals surface area (Å²) in [6, 6.07) is 10.7. The van der Waals surface area contributed by atoms with Crippen LogP contribution in [0.15, 0.2) is 53.3 Å². The molecule has 0 atom stereocenters. The van der Waals surface area contributed by atoms with E-state index >= 15 is 0 Å². The summed E-state index contributed by atoms with van der Waals surface area (Å²) < 4.78 is 16.3. The van der Waals surface area contributed by atoms with Crippen molar-refractivity contribution < 1.29 is 4.39 Å². The number of pyridine rings is 1. The predicted molar refractivity (Wildman–Crippen MR) is 76.6 cm³/mol. The van der Waals surface area contributed by atoms with Crippen LogP contribution in [0, 0.1) is 5.82 Å². The van der Waals surface area contributed by atoms with Crippen LogP contribution in [0.5, 0.6) is 0 Å². The van der Waals surface area contributed by atoms with Gasteiger partial charge in [0.1, 0.15) is 5.82 Å². The van der Waals surface area contributed by atoms with Gasteiger partial charge >= 0.3 is 0 Å². The van der Waals surface area contributed by atoms with Gasteiger partial charge in [-0.15, -0.1) is 0 Å². The summed E-state index contributed by atoms with van der Waals surface area (Å²) in [5, 5.41) is 7.33. The summed E-state index contributed by atoms with van der Waals surface area (Å²) in [6.07, 6.45) is 3.68. The number of halogens is 2. The maximum Gasteiger partial charge on any atom is 0.146 e. The van der Waals surface area contributed by atoms with Gasteiger partial charge < -0.3 is 5.32 Å². The second kappa shape index (κ2) is 5.01. The van der Waals surface area contributed by atoms with Crippen LogP contribution >= 0.6 is 15.9 Å². The number of aromatic nitrogens is 2. The third kappa shape index (κ3) is 2.46. The fraction of sp³-hybridized carbons (Fsp3) is 0.0714. The van der Waals surface area contributed by atoms with Crippen molar-refractivity contribution in [1.29, 1.82) is 0 Å². The molecule has 3 nitrogen and oxygen atoms in total. The number of hydrogen-bond donors (Lipinski definition) is 1. The summed E-state index contributed by atoms with van der Waals surface area (Å²) in [5.74, 6) is -0.264. The Bertz CT molecular complexity index is 724. The maximum atomic E-state index is 13.6. The molecule has 1 N–H and O–H groups in total. The molecular weight excluding hydrogens is 309 g/mol. The van der Waals surface area contributed by atoms with Crippen molar-refractivity contribution in [2.45, 2.75) is 6.54 Å². The number of anilines is 1. The number of fused-ring (bicyclic) bond motifs is 1.